The second-order valence-electron chi connectivity index (χ2n) is 14.0. The molecule has 4 heterocycles. The lowest BCUT2D eigenvalue weighted by molar-refractivity contribution is -0.171. The smallest absolute Gasteiger partial charge is 0.324 e. The first-order chi connectivity index (χ1) is 24.1. The highest BCUT2D eigenvalue weighted by Gasteiger charge is 2.44. The van der Waals surface area contributed by atoms with Gasteiger partial charge >= 0.3 is 5.97 Å². The molecule has 6 atom stereocenters. The number of likely N-dealkylation sites (N-methyl/N-ethyl adjacent to an activating group) is 1. The summed E-state index contributed by atoms with van der Waals surface area (Å²) in [5.41, 5.74) is 7.31. The third-order valence-electron chi connectivity index (χ3n) is 11.0. The summed E-state index contributed by atoms with van der Waals surface area (Å²) in [6, 6.07) is 13.0. The number of sulfonamides is 1. The number of benzene rings is 2. The van der Waals surface area contributed by atoms with Gasteiger partial charge in [0.25, 0.3) is 0 Å². The van der Waals surface area contributed by atoms with Gasteiger partial charge in [0.1, 0.15) is 11.8 Å². The van der Waals surface area contributed by atoms with Crippen LogP contribution in [-0.2, 0) is 30.9 Å². The van der Waals surface area contributed by atoms with E-state index in [1.165, 1.54) is 16.1 Å². The van der Waals surface area contributed by atoms with E-state index < -0.39 is 28.1 Å². The standard InChI is InChI=1S/C36H48N6O6S2/c1-38-14-16-40-26-6-4-7-27(20-26)42(35(49-3)21-30(37)36(44)48-34(40)23-38)33(43)22-32-31-8-5-13-39(31)15-17-41(32)50(45,46)29-12-10-24-18-28(47-2)11-9-25(24)19-29/h5,8-13,18-19,26-27,30,32,34-35H,4,6-7,14-17,20-23,37H2,1-3H3. The molecule has 2 saturated heterocycles. The van der Waals surface area contributed by atoms with Gasteiger partial charge in [0.2, 0.25) is 15.9 Å². The van der Waals surface area contributed by atoms with Gasteiger partial charge in [-0.1, -0.05) is 12.1 Å². The molecule has 3 fully saturated rings. The summed E-state index contributed by atoms with van der Waals surface area (Å²) in [5, 5.41) is 1.29. The van der Waals surface area contributed by atoms with Crippen molar-refractivity contribution in [2.45, 2.75) is 85.7 Å². The fourth-order valence-electron chi connectivity index (χ4n) is 8.40. The highest BCUT2D eigenvalue weighted by atomic mass is 32.2. The zero-order valence-corrected chi connectivity index (χ0v) is 30.7. The van der Waals surface area contributed by atoms with Crippen molar-refractivity contribution in [1.82, 2.24) is 23.6 Å². The zero-order chi connectivity index (χ0) is 35.2. The number of rotatable bonds is 6. The highest BCUT2D eigenvalue weighted by molar-refractivity contribution is 7.99. The Morgan fingerprint density at radius 3 is 2.60 bits per heavy atom. The van der Waals surface area contributed by atoms with E-state index in [0.29, 0.717) is 18.8 Å². The summed E-state index contributed by atoms with van der Waals surface area (Å²) in [4.78, 5) is 34.9. The normalized spacial score (nSPS) is 28.7. The third-order valence-corrected chi connectivity index (χ3v) is 13.9. The van der Waals surface area contributed by atoms with Gasteiger partial charge in [-0.25, -0.2) is 8.42 Å². The second kappa shape index (κ2) is 14.5. The maximum Gasteiger partial charge on any atom is 0.324 e. The van der Waals surface area contributed by atoms with Crippen LogP contribution in [0.3, 0.4) is 0 Å². The number of aromatic nitrogens is 1. The van der Waals surface area contributed by atoms with Crippen LogP contribution in [-0.4, -0.2) is 120 Å². The molecular weight excluding hydrogens is 677 g/mol. The average Bonchev–Trinajstić information content (AvgIpc) is 3.60. The van der Waals surface area contributed by atoms with Crippen LogP contribution in [0, 0.1) is 0 Å². The number of methoxy groups -OCH3 is 1. The molecule has 2 N–H and O–H groups in total. The van der Waals surface area contributed by atoms with Crippen LogP contribution in [0.1, 0.15) is 50.3 Å². The minimum Gasteiger partial charge on any atom is -0.497 e. The first-order valence-electron chi connectivity index (χ1n) is 17.6. The summed E-state index contributed by atoms with van der Waals surface area (Å²) in [6.07, 6.45) is 7.25. The number of nitrogens with zero attached hydrogens (tertiary/aromatic N) is 5. The van der Waals surface area contributed by atoms with Gasteiger partial charge in [-0.2, -0.15) is 4.31 Å². The van der Waals surface area contributed by atoms with Crippen molar-refractivity contribution in [3.05, 3.63) is 60.4 Å². The van der Waals surface area contributed by atoms with Crippen molar-refractivity contribution in [1.29, 1.82) is 0 Å². The van der Waals surface area contributed by atoms with E-state index >= 15 is 0 Å². The average molecular weight is 725 g/mol. The highest BCUT2D eigenvalue weighted by Crippen LogP contribution is 2.39. The first kappa shape index (κ1) is 35.3. The number of hydrogen-bond acceptors (Lipinski definition) is 10. The Kier molecular flexibility index (Phi) is 10.2. The van der Waals surface area contributed by atoms with Gasteiger partial charge in [0.15, 0.2) is 6.23 Å². The molecule has 1 aromatic heterocycles. The van der Waals surface area contributed by atoms with E-state index in [0.717, 1.165) is 55.2 Å². The zero-order valence-electron chi connectivity index (χ0n) is 29.0. The molecule has 2 bridgehead atoms. The molecule has 1 aliphatic carbocycles. The Labute approximate surface area is 298 Å². The SMILES string of the molecule is COc1ccc2cc(S(=O)(=O)N3CCn4cccc4C3CC(=O)N3C4CCCC(C4)N4CCN(C)CC4OC(=O)C(N)CC3SC)ccc2c1. The number of esters is 1. The maximum absolute atomic E-state index is 14.9. The van der Waals surface area contributed by atoms with Gasteiger partial charge in [0, 0.05) is 69.5 Å². The van der Waals surface area contributed by atoms with E-state index in [2.05, 4.69) is 9.80 Å². The van der Waals surface area contributed by atoms with Crippen LogP contribution in [0.5, 0.6) is 5.75 Å². The van der Waals surface area contributed by atoms with E-state index in [-0.39, 0.29) is 53.9 Å². The lowest BCUT2D eigenvalue weighted by Crippen LogP contribution is -2.59. The van der Waals surface area contributed by atoms with Crippen molar-refractivity contribution in [3.63, 3.8) is 0 Å². The summed E-state index contributed by atoms with van der Waals surface area (Å²) >= 11 is 1.51. The quantitative estimate of drug-likeness (QED) is 0.378. The monoisotopic (exact) mass is 724 g/mol. The fraction of sp³-hybridized carbons (Fsp3) is 0.556. The molecule has 0 spiro atoms. The minimum absolute atomic E-state index is 0.0247. The maximum atomic E-state index is 14.9. The van der Waals surface area contributed by atoms with Crippen LogP contribution >= 0.6 is 11.8 Å². The molecule has 270 valence electrons. The van der Waals surface area contributed by atoms with Crippen molar-refractivity contribution in [2.75, 3.05) is 46.6 Å². The molecule has 1 saturated carbocycles. The topological polar surface area (TPSA) is 131 Å². The molecule has 6 unspecified atom stereocenters. The van der Waals surface area contributed by atoms with Crippen LogP contribution in [0.25, 0.3) is 10.8 Å². The first-order valence-corrected chi connectivity index (χ1v) is 20.3. The van der Waals surface area contributed by atoms with E-state index in [9.17, 15) is 18.0 Å². The lowest BCUT2D eigenvalue weighted by Gasteiger charge is -2.47. The molecule has 1 amide bonds. The number of amides is 1. The van der Waals surface area contributed by atoms with Gasteiger partial charge in [-0.05, 0) is 86.2 Å². The Balaban J connectivity index is 1.22. The molecule has 3 aromatic rings. The summed E-state index contributed by atoms with van der Waals surface area (Å²) in [7, 11) is -0.357. The van der Waals surface area contributed by atoms with Crippen molar-refractivity contribution < 1.29 is 27.5 Å². The Morgan fingerprint density at radius 1 is 1.02 bits per heavy atom. The Morgan fingerprint density at radius 2 is 1.80 bits per heavy atom. The lowest BCUT2D eigenvalue weighted by atomic mass is 9.87. The molecule has 0 radical (unpaired) electrons. The fourth-order valence-corrected chi connectivity index (χ4v) is 10.9. The molecule has 7 rings (SSSR count). The predicted molar refractivity (Wildman–Crippen MR) is 193 cm³/mol. The van der Waals surface area contributed by atoms with Crippen LogP contribution in [0.15, 0.2) is 59.6 Å². The number of carbonyl (C=O) groups is 2. The van der Waals surface area contributed by atoms with Crippen molar-refractivity contribution in [3.8, 4) is 5.75 Å². The van der Waals surface area contributed by atoms with E-state index in [1.807, 2.05) is 59.3 Å². The van der Waals surface area contributed by atoms with Gasteiger partial charge in [0.05, 0.1) is 23.4 Å². The molecule has 3 aliphatic heterocycles. The molecule has 2 aromatic carbocycles. The second-order valence-corrected chi connectivity index (χ2v) is 16.9. The van der Waals surface area contributed by atoms with Crippen LogP contribution in [0.2, 0.25) is 0 Å². The molecule has 14 heteroatoms. The largest absolute Gasteiger partial charge is 0.497 e. The summed E-state index contributed by atoms with van der Waals surface area (Å²) < 4.78 is 43.9. The Bertz CT molecular complexity index is 1840. The van der Waals surface area contributed by atoms with Gasteiger partial charge < -0.3 is 29.6 Å². The van der Waals surface area contributed by atoms with Crippen molar-refractivity contribution in [2.24, 2.45) is 5.73 Å². The molecule has 50 heavy (non-hydrogen) atoms. The summed E-state index contributed by atoms with van der Waals surface area (Å²) in [5.74, 6) is 0.119. The van der Waals surface area contributed by atoms with Gasteiger partial charge in [-0.15, -0.1) is 11.8 Å². The number of hydrogen-bond donors (Lipinski definition) is 1. The number of piperazine rings is 1. The molecule has 4 aliphatic rings. The van der Waals surface area contributed by atoms with E-state index in [1.54, 1.807) is 25.3 Å². The number of thioether (sulfide) groups is 1. The number of fused-ring (bicyclic) bond motifs is 6. The van der Waals surface area contributed by atoms with Crippen LogP contribution in [0.4, 0.5) is 0 Å². The number of carbonyl (C=O) groups excluding carboxylic acids is 2. The van der Waals surface area contributed by atoms with Gasteiger partial charge in [-0.3, -0.25) is 14.5 Å². The predicted octanol–water partition coefficient (Wildman–Crippen LogP) is 3.46. The summed E-state index contributed by atoms with van der Waals surface area (Å²) in [6.45, 7) is 2.98. The molecular formula is C36H48N6O6S2. The number of nitrogens with two attached hydrogens (primary N) is 1. The number of ether oxygens (including phenoxy) is 2. The third kappa shape index (κ3) is 6.78. The molecule has 12 nitrogen and oxygen atoms in total. The minimum atomic E-state index is -3.99. The van der Waals surface area contributed by atoms with Crippen LogP contribution < -0.4 is 10.5 Å². The van der Waals surface area contributed by atoms with E-state index in [4.69, 9.17) is 15.2 Å². The van der Waals surface area contributed by atoms with Crippen molar-refractivity contribution >= 4 is 44.4 Å². The Hall–Kier alpha value is -3.14.